The fraction of sp³-hybridized carbons (Fsp3) is 0.0500. The summed E-state index contributed by atoms with van der Waals surface area (Å²) < 4.78 is 0. The highest BCUT2D eigenvalue weighted by Crippen LogP contribution is 2.43. The van der Waals surface area contributed by atoms with Crippen molar-refractivity contribution in [1.82, 2.24) is 9.97 Å². The van der Waals surface area contributed by atoms with E-state index < -0.39 is 7.12 Å². The van der Waals surface area contributed by atoms with Gasteiger partial charge in [-0.2, -0.15) is 0 Å². The molecule has 0 spiro atoms. The molecule has 2 aromatic heterocycles. The van der Waals surface area contributed by atoms with Gasteiger partial charge in [-0.25, -0.2) is 4.98 Å². The third-order valence-electron chi connectivity index (χ3n) is 5.00. The Hall–Kier alpha value is -3.09. The van der Waals surface area contributed by atoms with Crippen molar-refractivity contribution in [2.24, 2.45) is 0 Å². The number of pyridine rings is 1. The van der Waals surface area contributed by atoms with Crippen molar-refractivity contribution >= 4 is 29.3 Å². The second-order valence-electron chi connectivity index (χ2n) is 6.49. The minimum Gasteiger partial charge on any atom is -0.423 e. The predicted octanol–water partition coefficient (Wildman–Crippen LogP) is 2.42. The Balaban J connectivity index is 1.74. The van der Waals surface area contributed by atoms with Crippen LogP contribution in [0.1, 0.15) is 17.2 Å². The predicted molar refractivity (Wildman–Crippen MR) is 103 cm³/mol. The molecule has 0 fully saturated rings. The van der Waals surface area contributed by atoms with E-state index in [1.54, 1.807) is 12.1 Å². The number of benzene rings is 2. The molecular weight excluding hydrogens is 325 g/mol. The number of fused-ring (bicyclic) bond motifs is 2. The zero-order chi connectivity index (χ0) is 17.7. The molecular formula is C20H16BN3O2. The summed E-state index contributed by atoms with van der Waals surface area (Å²) in [7, 11) is -1.46. The molecule has 0 saturated carbocycles. The molecule has 1 unspecified atom stereocenters. The van der Waals surface area contributed by atoms with E-state index in [-0.39, 0.29) is 6.04 Å². The molecule has 0 bridgehead atoms. The first-order valence-corrected chi connectivity index (χ1v) is 8.50. The number of nitrogens with one attached hydrogen (secondary N) is 2. The maximum absolute atomic E-state index is 9.35. The Morgan fingerprint density at radius 2 is 1.73 bits per heavy atom. The van der Waals surface area contributed by atoms with E-state index in [9.17, 15) is 10.0 Å². The van der Waals surface area contributed by atoms with Gasteiger partial charge in [0.2, 0.25) is 0 Å². The van der Waals surface area contributed by atoms with Gasteiger partial charge in [-0.1, -0.05) is 42.5 Å². The van der Waals surface area contributed by atoms with Gasteiger partial charge >= 0.3 is 7.12 Å². The standard InChI is InChI=1S/C20H16BN3O2/c25-21(26)13-7-5-12(6-8-13)19-16-11-23-20-18(16)15(9-10-22-20)14-3-1-2-4-17(14)24-19/h1-11,19,24-26H,(H,22,23). The molecule has 2 aromatic carbocycles. The number of para-hydroxylation sites is 1. The van der Waals surface area contributed by atoms with Crippen LogP contribution >= 0.6 is 0 Å². The third-order valence-corrected chi connectivity index (χ3v) is 5.00. The Bertz CT molecular complexity index is 1110. The lowest BCUT2D eigenvalue weighted by molar-refractivity contribution is 0.426. The molecule has 1 atom stereocenters. The van der Waals surface area contributed by atoms with Crippen LogP contribution in [-0.2, 0) is 0 Å². The summed E-state index contributed by atoms with van der Waals surface area (Å²) in [6, 6.07) is 17.6. The molecule has 4 aromatic rings. The van der Waals surface area contributed by atoms with Crippen molar-refractivity contribution < 1.29 is 10.0 Å². The zero-order valence-corrected chi connectivity index (χ0v) is 13.8. The van der Waals surface area contributed by atoms with Crippen molar-refractivity contribution in [3.8, 4) is 11.1 Å². The van der Waals surface area contributed by atoms with Crippen LogP contribution in [-0.4, -0.2) is 27.1 Å². The van der Waals surface area contributed by atoms with Crippen LogP contribution in [0, 0.1) is 0 Å². The largest absolute Gasteiger partial charge is 0.488 e. The van der Waals surface area contributed by atoms with Gasteiger partial charge < -0.3 is 20.3 Å². The monoisotopic (exact) mass is 341 g/mol. The molecule has 5 nitrogen and oxygen atoms in total. The van der Waals surface area contributed by atoms with Crippen molar-refractivity contribution in [2.45, 2.75) is 6.04 Å². The first-order chi connectivity index (χ1) is 12.7. The summed E-state index contributed by atoms with van der Waals surface area (Å²) in [6.45, 7) is 0. The van der Waals surface area contributed by atoms with Gasteiger partial charge in [0.1, 0.15) is 5.65 Å². The molecule has 0 amide bonds. The van der Waals surface area contributed by atoms with Gasteiger partial charge in [-0.05, 0) is 28.7 Å². The highest BCUT2D eigenvalue weighted by atomic mass is 16.4. The van der Waals surface area contributed by atoms with E-state index in [4.69, 9.17) is 0 Å². The zero-order valence-electron chi connectivity index (χ0n) is 13.8. The molecule has 126 valence electrons. The highest BCUT2D eigenvalue weighted by Gasteiger charge is 2.26. The van der Waals surface area contributed by atoms with Gasteiger partial charge in [-0.15, -0.1) is 0 Å². The van der Waals surface area contributed by atoms with Gasteiger partial charge in [0.25, 0.3) is 0 Å². The summed E-state index contributed by atoms with van der Waals surface area (Å²) in [5.74, 6) is 0. The minimum atomic E-state index is -1.46. The lowest BCUT2D eigenvalue weighted by Crippen LogP contribution is -2.29. The minimum absolute atomic E-state index is 0.0692. The van der Waals surface area contributed by atoms with E-state index in [1.165, 1.54) is 0 Å². The van der Waals surface area contributed by atoms with Crippen molar-refractivity contribution in [2.75, 3.05) is 5.32 Å². The van der Waals surface area contributed by atoms with Gasteiger partial charge in [0.05, 0.1) is 6.04 Å². The SMILES string of the molecule is OB(O)c1ccc(C2Nc3ccccc3-c3ccnc4[nH]cc2c34)cc1. The number of anilines is 1. The highest BCUT2D eigenvalue weighted by molar-refractivity contribution is 6.58. The van der Waals surface area contributed by atoms with Crippen LogP contribution in [0.5, 0.6) is 0 Å². The van der Waals surface area contributed by atoms with Gasteiger partial charge in [-0.3, -0.25) is 0 Å². The fourth-order valence-electron chi connectivity index (χ4n) is 3.73. The maximum Gasteiger partial charge on any atom is 0.488 e. The molecule has 0 radical (unpaired) electrons. The van der Waals surface area contributed by atoms with Crippen LogP contribution in [0.15, 0.2) is 67.0 Å². The lowest BCUT2D eigenvalue weighted by Gasteiger charge is -2.20. The Labute approximate surface area is 150 Å². The molecule has 4 N–H and O–H groups in total. The van der Waals surface area contributed by atoms with Crippen molar-refractivity contribution in [3.63, 3.8) is 0 Å². The number of H-pyrrole nitrogens is 1. The average Bonchev–Trinajstić information content (AvgIpc) is 3.04. The third kappa shape index (κ3) is 2.24. The Morgan fingerprint density at radius 3 is 2.54 bits per heavy atom. The quantitative estimate of drug-likeness (QED) is 0.422. The van der Waals surface area contributed by atoms with Crippen LogP contribution < -0.4 is 10.8 Å². The first kappa shape index (κ1) is 15.2. The van der Waals surface area contributed by atoms with Crippen LogP contribution in [0.25, 0.3) is 22.2 Å². The molecule has 1 aliphatic rings. The molecule has 5 rings (SSSR count). The second-order valence-corrected chi connectivity index (χ2v) is 6.49. The molecule has 26 heavy (non-hydrogen) atoms. The first-order valence-electron chi connectivity index (χ1n) is 8.50. The van der Waals surface area contributed by atoms with Crippen molar-refractivity contribution in [3.05, 3.63) is 78.1 Å². The van der Waals surface area contributed by atoms with Crippen molar-refractivity contribution in [1.29, 1.82) is 0 Å². The molecule has 6 heteroatoms. The van der Waals surface area contributed by atoms with E-state index in [2.05, 4.69) is 27.4 Å². The summed E-state index contributed by atoms with van der Waals surface area (Å²) in [5, 5.41) is 23.5. The maximum atomic E-state index is 9.35. The lowest BCUT2D eigenvalue weighted by atomic mass is 9.79. The Kier molecular flexibility index (Phi) is 3.35. The average molecular weight is 341 g/mol. The van der Waals surface area contributed by atoms with Crippen LogP contribution in [0.4, 0.5) is 5.69 Å². The molecule has 1 aliphatic heterocycles. The molecule has 3 heterocycles. The number of nitrogens with zero attached hydrogens (tertiary/aromatic N) is 1. The van der Waals surface area contributed by atoms with E-state index in [1.807, 2.05) is 42.7 Å². The number of hydrogen-bond acceptors (Lipinski definition) is 4. The summed E-state index contributed by atoms with van der Waals surface area (Å²) in [5.41, 5.74) is 6.86. The summed E-state index contributed by atoms with van der Waals surface area (Å²) in [6.07, 6.45) is 3.83. The number of aromatic amines is 1. The smallest absolute Gasteiger partial charge is 0.423 e. The topological polar surface area (TPSA) is 81.2 Å². The van der Waals surface area contributed by atoms with Crippen LogP contribution in [0.2, 0.25) is 0 Å². The van der Waals surface area contributed by atoms with Gasteiger partial charge in [0.15, 0.2) is 0 Å². The normalized spacial score (nSPS) is 15.2. The second kappa shape index (κ2) is 5.73. The van der Waals surface area contributed by atoms with E-state index in [0.717, 1.165) is 39.0 Å². The molecule has 0 aliphatic carbocycles. The van der Waals surface area contributed by atoms with Crippen LogP contribution in [0.3, 0.4) is 0 Å². The van der Waals surface area contributed by atoms with E-state index >= 15 is 0 Å². The fourth-order valence-corrected chi connectivity index (χ4v) is 3.73. The van der Waals surface area contributed by atoms with Gasteiger partial charge in [0, 0.05) is 34.6 Å². The summed E-state index contributed by atoms with van der Waals surface area (Å²) in [4.78, 5) is 7.75. The number of hydrogen-bond donors (Lipinski definition) is 4. The van der Waals surface area contributed by atoms with E-state index in [0.29, 0.717) is 5.46 Å². The number of rotatable bonds is 2. The molecule has 0 saturated heterocycles. The summed E-state index contributed by atoms with van der Waals surface area (Å²) >= 11 is 0. The Morgan fingerprint density at radius 1 is 0.923 bits per heavy atom. The number of aromatic nitrogens is 2.